The zero-order valence-electron chi connectivity index (χ0n) is 15.8. The molecule has 144 valence electrons. The summed E-state index contributed by atoms with van der Waals surface area (Å²) in [7, 11) is 1.64. The summed E-state index contributed by atoms with van der Waals surface area (Å²) < 4.78 is 16.7. The number of benzene rings is 2. The SMILES string of the molecule is COc1cccc(CCC(=O)Nc2ccc(OCC3CCCCO3)cc2)c1. The van der Waals surface area contributed by atoms with Crippen LogP contribution in [0.5, 0.6) is 11.5 Å². The molecule has 0 aromatic heterocycles. The summed E-state index contributed by atoms with van der Waals surface area (Å²) in [5, 5.41) is 2.92. The molecule has 1 unspecified atom stereocenters. The van der Waals surface area contributed by atoms with Crippen LogP contribution in [0.25, 0.3) is 0 Å². The van der Waals surface area contributed by atoms with Crippen molar-refractivity contribution >= 4 is 11.6 Å². The maximum Gasteiger partial charge on any atom is 0.224 e. The summed E-state index contributed by atoms with van der Waals surface area (Å²) in [5.41, 5.74) is 1.85. The van der Waals surface area contributed by atoms with E-state index in [9.17, 15) is 4.79 Å². The topological polar surface area (TPSA) is 56.8 Å². The number of carbonyl (C=O) groups is 1. The van der Waals surface area contributed by atoms with Crippen LogP contribution in [0, 0.1) is 0 Å². The second kappa shape index (κ2) is 9.97. The Morgan fingerprint density at radius 1 is 1.15 bits per heavy atom. The molecule has 1 heterocycles. The van der Waals surface area contributed by atoms with Gasteiger partial charge in [0.15, 0.2) is 0 Å². The summed E-state index contributed by atoms with van der Waals surface area (Å²) in [4.78, 5) is 12.2. The van der Waals surface area contributed by atoms with Crippen molar-refractivity contribution in [3.8, 4) is 11.5 Å². The Balaban J connectivity index is 1.42. The number of amides is 1. The minimum Gasteiger partial charge on any atom is -0.497 e. The number of hydrogen-bond acceptors (Lipinski definition) is 4. The first-order valence-electron chi connectivity index (χ1n) is 9.50. The quantitative estimate of drug-likeness (QED) is 0.757. The number of nitrogens with one attached hydrogen (secondary N) is 1. The molecule has 3 rings (SSSR count). The van der Waals surface area contributed by atoms with E-state index in [1.54, 1.807) is 7.11 Å². The van der Waals surface area contributed by atoms with Crippen LogP contribution in [-0.2, 0) is 16.0 Å². The van der Waals surface area contributed by atoms with Crippen molar-refractivity contribution in [2.75, 3.05) is 25.6 Å². The zero-order chi connectivity index (χ0) is 18.9. The smallest absolute Gasteiger partial charge is 0.224 e. The van der Waals surface area contributed by atoms with Crippen molar-refractivity contribution in [3.05, 3.63) is 54.1 Å². The molecule has 27 heavy (non-hydrogen) atoms. The molecular formula is C22H27NO4. The van der Waals surface area contributed by atoms with Gasteiger partial charge in [-0.05, 0) is 67.6 Å². The third-order valence-electron chi connectivity index (χ3n) is 4.62. The highest BCUT2D eigenvalue weighted by Gasteiger charge is 2.14. The fraction of sp³-hybridized carbons (Fsp3) is 0.409. The predicted octanol–water partition coefficient (Wildman–Crippen LogP) is 4.21. The summed E-state index contributed by atoms with van der Waals surface area (Å²) in [6.45, 7) is 1.40. The first-order valence-corrected chi connectivity index (χ1v) is 9.50. The van der Waals surface area contributed by atoms with Gasteiger partial charge in [-0.25, -0.2) is 0 Å². The first-order chi connectivity index (χ1) is 13.2. The summed E-state index contributed by atoms with van der Waals surface area (Å²) in [6.07, 6.45) is 4.68. The summed E-state index contributed by atoms with van der Waals surface area (Å²) in [5.74, 6) is 1.59. The van der Waals surface area contributed by atoms with E-state index in [0.717, 1.165) is 42.2 Å². The van der Waals surface area contributed by atoms with Crippen LogP contribution in [-0.4, -0.2) is 32.3 Å². The Morgan fingerprint density at radius 2 is 2.00 bits per heavy atom. The molecule has 1 fully saturated rings. The van der Waals surface area contributed by atoms with E-state index >= 15 is 0 Å². The molecule has 1 amide bonds. The molecular weight excluding hydrogens is 342 g/mol. The molecule has 2 aromatic carbocycles. The monoisotopic (exact) mass is 369 g/mol. The average molecular weight is 369 g/mol. The largest absolute Gasteiger partial charge is 0.497 e. The Labute approximate surface area is 160 Å². The van der Waals surface area contributed by atoms with Gasteiger partial charge in [-0.2, -0.15) is 0 Å². The zero-order valence-corrected chi connectivity index (χ0v) is 15.8. The van der Waals surface area contributed by atoms with Gasteiger partial charge in [0, 0.05) is 18.7 Å². The van der Waals surface area contributed by atoms with E-state index in [1.807, 2.05) is 48.5 Å². The van der Waals surface area contributed by atoms with Gasteiger partial charge in [0.2, 0.25) is 5.91 Å². The van der Waals surface area contributed by atoms with Crippen LogP contribution >= 0.6 is 0 Å². The lowest BCUT2D eigenvalue weighted by Crippen LogP contribution is -2.25. The molecule has 5 nitrogen and oxygen atoms in total. The molecule has 1 atom stereocenters. The average Bonchev–Trinajstić information content (AvgIpc) is 2.73. The maximum absolute atomic E-state index is 12.2. The minimum absolute atomic E-state index is 0.0120. The first kappa shape index (κ1) is 19.2. The van der Waals surface area contributed by atoms with Crippen molar-refractivity contribution in [2.24, 2.45) is 0 Å². The molecule has 0 spiro atoms. The number of hydrogen-bond donors (Lipinski definition) is 1. The lowest BCUT2D eigenvalue weighted by Gasteiger charge is -2.22. The Morgan fingerprint density at radius 3 is 2.74 bits per heavy atom. The highest BCUT2D eigenvalue weighted by molar-refractivity contribution is 5.90. The van der Waals surface area contributed by atoms with Gasteiger partial charge < -0.3 is 19.5 Å². The second-order valence-corrected chi connectivity index (χ2v) is 6.72. The Hall–Kier alpha value is -2.53. The van der Waals surface area contributed by atoms with Crippen molar-refractivity contribution < 1.29 is 19.0 Å². The normalized spacial score (nSPS) is 16.6. The van der Waals surface area contributed by atoms with Crippen LogP contribution in [0.4, 0.5) is 5.69 Å². The molecule has 5 heteroatoms. The van der Waals surface area contributed by atoms with Crippen LogP contribution in [0.3, 0.4) is 0 Å². The summed E-state index contributed by atoms with van der Waals surface area (Å²) >= 11 is 0. The van der Waals surface area contributed by atoms with Gasteiger partial charge in [-0.3, -0.25) is 4.79 Å². The van der Waals surface area contributed by atoms with Crippen LogP contribution in [0.2, 0.25) is 0 Å². The molecule has 1 N–H and O–H groups in total. The molecule has 0 saturated carbocycles. The van der Waals surface area contributed by atoms with Gasteiger partial charge >= 0.3 is 0 Å². The lowest BCUT2D eigenvalue weighted by molar-refractivity contribution is -0.116. The van der Waals surface area contributed by atoms with Gasteiger partial charge in [0.25, 0.3) is 0 Å². The maximum atomic E-state index is 12.2. The van der Waals surface area contributed by atoms with Gasteiger partial charge in [-0.1, -0.05) is 12.1 Å². The molecule has 0 bridgehead atoms. The molecule has 0 radical (unpaired) electrons. The van der Waals surface area contributed by atoms with Crippen LogP contribution < -0.4 is 14.8 Å². The van der Waals surface area contributed by atoms with E-state index in [0.29, 0.717) is 19.4 Å². The standard InChI is InChI=1S/C22H27NO4/c1-25-20-7-4-5-17(15-20)8-13-22(24)23-18-9-11-19(12-10-18)27-16-21-6-2-3-14-26-21/h4-5,7,9-12,15,21H,2-3,6,8,13-14,16H2,1H3,(H,23,24). The van der Waals surface area contributed by atoms with E-state index in [2.05, 4.69) is 5.32 Å². The minimum atomic E-state index is -0.0120. The number of rotatable bonds is 8. The lowest BCUT2D eigenvalue weighted by atomic mass is 10.1. The number of aryl methyl sites for hydroxylation is 1. The van der Waals surface area contributed by atoms with Gasteiger partial charge in [0.05, 0.1) is 13.2 Å². The molecule has 1 aliphatic heterocycles. The van der Waals surface area contributed by atoms with E-state index in [4.69, 9.17) is 14.2 Å². The fourth-order valence-corrected chi connectivity index (χ4v) is 3.07. The van der Waals surface area contributed by atoms with E-state index in [1.165, 1.54) is 6.42 Å². The van der Waals surface area contributed by atoms with Crippen LogP contribution in [0.15, 0.2) is 48.5 Å². The second-order valence-electron chi connectivity index (χ2n) is 6.72. The van der Waals surface area contributed by atoms with E-state index < -0.39 is 0 Å². The number of carbonyl (C=O) groups excluding carboxylic acids is 1. The van der Waals surface area contributed by atoms with E-state index in [-0.39, 0.29) is 12.0 Å². The number of anilines is 1. The van der Waals surface area contributed by atoms with Crippen molar-refractivity contribution in [2.45, 2.75) is 38.2 Å². The number of ether oxygens (including phenoxy) is 3. The van der Waals surface area contributed by atoms with Gasteiger partial charge in [0.1, 0.15) is 18.1 Å². The van der Waals surface area contributed by atoms with Crippen LogP contribution in [0.1, 0.15) is 31.2 Å². The third-order valence-corrected chi connectivity index (χ3v) is 4.62. The van der Waals surface area contributed by atoms with Gasteiger partial charge in [-0.15, -0.1) is 0 Å². The fourth-order valence-electron chi connectivity index (χ4n) is 3.07. The summed E-state index contributed by atoms with van der Waals surface area (Å²) in [6, 6.07) is 15.3. The predicted molar refractivity (Wildman–Crippen MR) is 105 cm³/mol. The van der Waals surface area contributed by atoms with Crippen molar-refractivity contribution in [3.63, 3.8) is 0 Å². The van der Waals surface area contributed by atoms with Crippen molar-refractivity contribution in [1.82, 2.24) is 0 Å². The highest BCUT2D eigenvalue weighted by atomic mass is 16.5. The molecule has 1 aliphatic rings. The highest BCUT2D eigenvalue weighted by Crippen LogP contribution is 2.19. The van der Waals surface area contributed by atoms with Crippen molar-refractivity contribution in [1.29, 1.82) is 0 Å². The molecule has 2 aromatic rings. The molecule has 1 saturated heterocycles. The Kier molecular flexibility index (Phi) is 7.11. The molecule has 0 aliphatic carbocycles. The number of methoxy groups -OCH3 is 1. The third kappa shape index (κ3) is 6.29. The Bertz CT molecular complexity index is 723.